The summed E-state index contributed by atoms with van der Waals surface area (Å²) in [5.74, 6) is 1.61. The van der Waals surface area contributed by atoms with Gasteiger partial charge < -0.3 is 15.0 Å². The van der Waals surface area contributed by atoms with Crippen molar-refractivity contribution in [1.29, 1.82) is 0 Å². The average molecular weight is 332 g/mol. The molecule has 1 N–H and O–H groups in total. The Morgan fingerprint density at radius 1 is 1.32 bits per heavy atom. The minimum atomic E-state index is -2.94. The van der Waals surface area contributed by atoms with Gasteiger partial charge >= 0.3 is 0 Å². The predicted molar refractivity (Wildman–Crippen MR) is 88.0 cm³/mol. The van der Waals surface area contributed by atoms with Gasteiger partial charge in [-0.1, -0.05) is 0 Å². The van der Waals surface area contributed by atoms with E-state index in [1.54, 1.807) is 7.05 Å². The summed E-state index contributed by atoms with van der Waals surface area (Å²) in [7, 11) is -1.20. The number of sulfone groups is 1. The first kappa shape index (κ1) is 17.5. The van der Waals surface area contributed by atoms with Crippen LogP contribution < -0.4 is 5.32 Å². The summed E-state index contributed by atoms with van der Waals surface area (Å²) < 4.78 is 27.8. The first-order valence-corrected chi connectivity index (χ1v) is 9.97. The Labute approximate surface area is 133 Å². The van der Waals surface area contributed by atoms with Crippen LogP contribution in [0.5, 0.6) is 0 Å². The van der Waals surface area contributed by atoms with Crippen molar-refractivity contribution < 1.29 is 13.2 Å². The van der Waals surface area contributed by atoms with Crippen LogP contribution in [-0.4, -0.2) is 95.7 Å². The molecule has 128 valence electrons. The van der Waals surface area contributed by atoms with Gasteiger partial charge in [-0.2, -0.15) is 0 Å². The van der Waals surface area contributed by atoms with Crippen LogP contribution in [0.15, 0.2) is 4.99 Å². The van der Waals surface area contributed by atoms with Gasteiger partial charge in [0.2, 0.25) is 0 Å². The van der Waals surface area contributed by atoms with E-state index in [2.05, 4.69) is 20.1 Å². The second kappa shape index (κ2) is 8.12. The van der Waals surface area contributed by atoms with Crippen LogP contribution in [0.25, 0.3) is 0 Å². The standard InChI is InChI=1S/C14H28N4O3S/c1-15-14(16-4-10-22(2,19)20)18-7-5-17(6-8-18)11-13-3-9-21-12-13/h13H,3-12H2,1-2H3,(H,15,16). The third-order valence-corrected chi connectivity index (χ3v) is 5.13. The molecule has 1 atom stereocenters. The van der Waals surface area contributed by atoms with E-state index in [1.165, 1.54) is 12.7 Å². The van der Waals surface area contributed by atoms with E-state index in [0.717, 1.165) is 51.9 Å². The number of nitrogens with zero attached hydrogens (tertiary/aromatic N) is 3. The van der Waals surface area contributed by atoms with Crippen molar-refractivity contribution in [3.63, 3.8) is 0 Å². The van der Waals surface area contributed by atoms with Gasteiger partial charge in [-0.15, -0.1) is 0 Å². The van der Waals surface area contributed by atoms with Gasteiger partial charge in [0.05, 0.1) is 12.4 Å². The summed E-state index contributed by atoms with van der Waals surface area (Å²) >= 11 is 0. The normalized spacial score (nSPS) is 24.7. The number of rotatable bonds is 5. The number of hydrogen-bond donors (Lipinski definition) is 1. The van der Waals surface area contributed by atoms with Crippen LogP contribution in [0, 0.1) is 5.92 Å². The van der Waals surface area contributed by atoms with Crippen LogP contribution in [0.4, 0.5) is 0 Å². The molecule has 0 aromatic rings. The zero-order chi connectivity index (χ0) is 16.0. The SMILES string of the molecule is CN=C(NCCS(C)(=O)=O)N1CCN(CC2CCOC2)CC1. The van der Waals surface area contributed by atoms with Crippen molar-refractivity contribution in [3.8, 4) is 0 Å². The van der Waals surface area contributed by atoms with Gasteiger partial charge in [0, 0.05) is 59.2 Å². The van der Waals surface area contributed by atoms with E-state index < -0.39 is 9.84 Å². The van der Waals surface area contributed by atoms with Crippen molar-refractivity contribution in [3.05, 3.63) is 0 Å². The molecular formula is C14H28N4O3S. The quantitative estimate of drug-likeness (QED) is 0.528. The van der Waals surface area contributed by atoms with E-state index in [-0.39, 0.29) is 5.75 Å². The molecular weight excluding hydrogens is 304 g/mol. The molecule has 2 fully saturated rings. The van der Waals surface area contributed by atoms with Crippen molar-refractivity contribution in [2.75, 3.05) is 71.5 Å². The molecule has 2 heterocycles. The maximum atomic E-state index is 11.2. The Balaban J connectivity index is 1.71. The lowest BCUT2D eigenvalue weighted by Crippen LogP contribution is -2.53. The molecule has 2 rings (SSSR count). The Bertz CT molecular complexity index is 466. The molecule has 0 saturated carbocycles. The maximum absolute atomic E-state index is 11.2. The highest BCUT2D eigenvalue weighted by Gasteiger charge is 2.23. The monoisotopic (exact) mass is 332 g/mol. The summed E-state index contributed by atoms with van der Waals surface area (Å²) in [6.45, 7) is 7.21. The third-order valence-electron chi connectivity index (χ3n) is 4.18. The number of nitrogens with one attached hydrogen (secondary N) is 1. The van der Waals surface area contributed by atoms with E-state index in [4.69, 9.17) is 4.74 Å². The number of aliphatic imine (C=N–C) groups is 1. The molecule has 0 radical (unpaired) electrons. The van der Waals surface area contributed by atoms with Gasteiger partial charge in [-0.05, 0) is 12.3 Å². The first-order chi connectivity index (χ1) is 10.5. The Kier molecular flexibility index (Phi) is 6.46. The molecule has 7 nitrogen and oxygen atoms in total. The second-order valence-corrected chi connectivity index (χ2v) is 8.38. The van der Waals surface area contributed by atoms with E-state index >= 15 is 0 Å². The molecule has 0 amide bonds. The smallest absolute Gasteiger partial charge is 0.193 e. The minimum absolute atomic E-state index is 0.133. The topological polar surface area (TPSA) is 74.2 Å². The van der Waals surface area contributed by atoms with Crippen molar-refractivity contribution in [2.24, 2.45) is 10.9 Å². The number of hydrogen-bond acceptors (Lipinski definition) is 5. The number of piperazine rings is 1. The predicted octanol–water partition coefficient (Wildman–Crippen LogP) is -0.739. The lowest BCUT2D eigenvalue weighted by molar-refractivity contribution is 0.139. The fourth-order valence-corrected chi connectivity index (χ4v) is 3.39. The summed E-state index contributed by atoms with van der Waals surface area (Å²) in [4.78, 5) is 8.94. The van der Waals surface area contributed by atoms with Gasteiger partial charge in [-0.25, -0.2) is 8.42 Å². The molecule has 8 heteroatoms. The number of ether oxygens (including phenoxy) is 1. The fourth-order valence-electron chi connectivity index (χ4n) is 2.92. The minimum Gasteiger partial charge on any atom is -0.381 e. The second-order valence-electron chi connectivity index (χ2n) is 6.12. The van der Waals surface area contributed by atoms with Gasteiger partial charge in [0.1, 0.15) is 9.84 Å². The molecule has 0 aliphatic carbocycles. The molecule has 1 unspecified atom stereocenters. The highest BCUT2D eigenvalue weighted by molar-refractivity contribution is 7.90. The van der Waals surface area contributed by atoms with Crippen LogP contribution in [0.1, 0.15) is 6.42 Å². The molecule has 2 saturated heterocycles. The summed E-state index contributed by atoms with van der Waals surface area (Å²) in [5, 5.41) is 3.14. The third kappa shape index (κ3) is 5.73. The zero-order valence-electron chi connectivity index (χ0n) is 13.6. The van der Waals surface area contributed by atoms with Crippen LogP contribution >= 0.6 is 0 Å². The van der Waals surface area contributed by atoms with Crippen LogP contribution in [-0.2, 0) is 14.6 Å². The molecule has 22 heavy (non-hydrogen) atoms. The maximum Gasteiger partial charge on any atom is 0.193 e. The molecule has 2 aliphatic heterocycles. The summed E-state index contributed by atoms with van der Waals surface area (Å²) in [6, 6.07) is 0. The van der Waals surface area contributed by atoms with Crippen molar-refractivity contribution >= 4 is 15.8 Å². The van der Waals surface area contributed by atoms with Crippen LogP contribution in [0.3, 0.4) is 0 Å². The van der Waals surface area contributed by atoms with E-state index in [9.17, 15) is 8.42 Å². The van der Waals surface area contributed by atoms with Crippen molar-refractivity contribution in [2.45, 2.75) is 6.42 Å². The van der Waals surface area contributed by atoms with Gasteiger partial charge in [-0.3, -0.25) is 9.89 Å². The van der Waals surface area contributed by atoms with Gasteiger partial charge in [0.15, 0.2) is 5.96 Å². The molecule has 0 aromatic carbocycles. The molecule has 0 bridgehead atoms. The van der Waals surface area contributed by atoms with E-state index in [1.807, 2.05) is 0 Å². The molecule has 0 aromatic heterocycles. The highest BCUT2D eigenvalue weighted by atomic mass is 32.2. The van der Waals surface area contributed by atoms with Crippen molar-refractivity contribution in [1.82, 2.24) is 15.1 Å². The Hall–Kier alpha value is -0.860. The lowest BCUT2D eigenvalue weighted by atomic mass is 10.1. The van der Waals surface area contributed by atoms with E-state index in [0.29, 0.717) is 12.5 Å². The first-order valence-electron chi connectivity index (χ1n) is 7.91. The average Bonchev–Trinajstić information content (AvgIpc) is 2.97. The summed E-state index contributed by atoms with van der Waals surface area (Å²) in [6.07, 6.45) is 2.43. The Morgan fingerprint density at radius 2 is 2.05 bits per heavy atom. The molecule has 2 aliphatic rings. The largest absolute Gasteiger partial charge is 0.381 e. The van der Waals surface area contributed by atoms with Gasteiger partial charge in [0.25, 0.3) is 0 Å². The highest BCUT2D eigenvalue weighted by Crippen LogP contribution is 2.15. The number of guanidine groups is 1. The molecule has 0 spiro atoms. The lowest BCUT2D eigenvalue weighted by Gasteiger charge is -2.37. The fraction of sp³-hybridized carbons (Fsp3) is 0.929. The zero-order valence-corrected chi connectivity index (χ0v) is 14.4. The summed E-state index contributed by atoms with van der Waals surface area (Å²) in [5.41, 5.74) is 0. The Morgan fingerprint density at radius 3 is 2.59 bits per heavy atom. The van der Waals surface area contributed by atoms with Crippen LogP contribution in [0.2, 0.25) is 0 Å².